The minimum atomic E-state index is -0.456. The molecule has 9 rings (SSSR count). The third-order valence-electron chi connectivity index (χ3n) is 8.93. The molecule has 0 amide bonds. The Bertz CT molecular complexity index is 2220. The van der Waals surface area contributed by atoms with E-state index in [0.717, 1.165) is 5.56 Å². The quantitative estimate of drug-likeness (QED) is 0.192. The van der Waals surface area contributed by atoms with E-state index in [9.17, 15) is 0 Å². The number of para-hydroxylation sites is 3. The largest absolute Gasteiger partial charge is 0.329 e. The SMILES string of the molecule is [C-]#[N+]c1ccc2c(c1)-c1ccccc1C21c2ccccc2-n2c3c1cccc3c1c3ccccc3n(C)c12. The predicted octanol–water partition coefficient (Wildman–Crippen LogP) is 8.50. The van der Waals surface area contributed by atoms with Gasteiger partial charge in [0.05, 0.1) is 28.7 Å². The first-order valence-electron chi connectivity index (χ1n) is 13.0. The zero-order valence-corrected chi connectivity index (χ0v) is 20.7. The van der Waals surface area contributed by atoms with Gasteiger partial charge in [-0.25, -0.2) is 4.85 Å². The Morgan fingerprint density at radius 1 is 0.658 bits per heavy atom. The number of hydrogen-bond donors (Lipinski definition) is 0. The third kappa shape index (κ3) is 2.03. The van der Waals surface area contributed by atoms with E-state index in [0.29, 0.717) is 5.69 Å². The molecular weight excluding hydrogens is 462 g/mol. The van der Waals surface area contributed by atoms with Crippen molar-refractivity contribution < 1.29 is 0 Å². The van der Waals surface area contributed by atoms with Gasteiger partial charge < -0.3 is 4.57 Å². The van der Waals surface area contributed by atoms with Gasteiger partial charge in [-0.2, -0.15) is 0 Å². The van der Waals surface area contributed by atoms with Crippen LogP contribution in [0.1, 0.15) is 22.3 Å². The van der Waals surface area contributed by atoms with Crippen molar-refractivity contribution in [1.29, 1.82) is 0 Å². The highest BCUT2D eigenvalue weighted by Gasteiger charge is 2.50. The van der Waals surface area contributed by atoms with Crippen LogP contribution in [0.3, 0.4) is 0 Å². The summed E-state index contributed by atoms with van der Waals surface area (Å²) in [5, 5.41) is 3.88. The van der Waals surface area contributed by atoms with Gasteiger partial charge in [0.1, 0.15) is 5.65 Å². The summed E-state index contributed by atoms with van der Waals surface area (Å²) in [5.74, 6) is 0. The fourth-order valence-corrected chi connectivity index (χ4v) is 7.59. The fourth-order valence-electron chi connectivity index (χ4n) is 7.59. The fraction of sp³-hybridized carbons (Fsp3) is 0.0571. The smallest absolute Gasteiger partial charge is 0.187 e. The second kappa shape index (κ2) is 6.62. The Labute approximate surface area is 219 Å². The normalized spacial score (nSPS) is 16.6. The lowest BCUT2D eigenvalue weighted by Crippen LogP contribution is -2.33. The molecule has 1 aliphatic heterocycles. The van der Waals surface area contributed by atoms with Crippen LogP contribution >= 0.6 is 0 Å². The van der Waals surface area contributed by atoms with Crippen molar-refractivity contribution in [1.82, 2.24) is 9.13 Å². The van der Waals surface area contributed by atoms with Gasteiger partial charge in [-0.1, -0.05) is 91.0 Å². The summed E-state index contributed by atoms with van der Waals surface area (Å²) >= 11 is 0. The number of aryl methyl sites for hydroxylation is 1. The molecule has 3 nitrogen and oxygen atoms in total. The van der Waals surface area contributed by atoms with Gasteiger partial charge in [-0.15, -0.1) is 0 Å². The molecule has 0 N–H and O–H groups in total. The number of rotatable bonds is 0. The molecule has 1 spiro atoms. The molecule has 1 aliphatic carbocycles. The first kappa shape index (κ1) is 20.0. The van der Waals surface area contributed by atoms with Crippen LogP contribution in [0.25, 0.3) is 54.5 Å². The van der Waals surface area contributed by atoms with E-state index in [1.807, 2.05) is 6.07 Å². The molecule has 2 aliphatic rings. The lowest BCUT2D eigenvalue weighted by molar-refractivity contribution is 0.745. The van der Waals surface area contributed by atoms with Gasteiger partial charge in [0.2, 0.25) is 0 Å². The summed E-state index contributed by atoms with van der Waals surface area (Å²) < 4.78 is 4.84. The van der Waals surface area contributed by atoms with Crippen molar-refractivity contribution in [2.45, 2.75) is 5.41 Å². The van der Waals surface area contributed by atoms with Gasteiger partial charge in [0, 0.05) is 23.2 Å². The van der Waals surface area contributed by atoms with Gasteiger partial charge in [-0.05, 0) is 51.6 Å². The maximum Gasteiger partial charge on any atom is 0.187 e. The van der Waals surface area contributed by atoms with Crippen molar-refractivity contribution >= 4 is 38.5 Å². The summed E-state index contributed by atoms with van der Waals surface area (Å²) in [6.07, 6.45) is 0. The second-order valence-electron chi connectivity index (χ2n) is 10.5. The van der Waals surface area contributed by atoms with Crippen molar-refractivity contribution in [2.24, 2.45) is 7.05 Å². The van der Waals surface area contributed by atoms with Crippen LogP contribution in [-0.4, -0.2) is 9.13 Å². The number of aromatic nitrogens is 2. The van der Waals surface area contributed by atoms with Crippen LogP contribution in [0.2, 0.25) is 0 Å². The van der Waals surface area contributed by atoms with Crippen molar-refractivity contribution in [2.75, 3.05) is 0 Å². The molecule has 2 aromatic heterocycles. The first-order valence-corrected chi connectivity index (χ1v) is 13.0. The summed E-state index contributed by atoms with van der Waals surface area (Å²) in [6.45, 7) is 7.68. The average molecular weight is 484 g/mol. The molecule has 0 saturated heterocycles. The van der Waals surface area contributed by atoms with Crippen LogP contribution in [0.15, 0.2) is 109 Å². The highest BCUT2D eigenvalue weighted by atomic mass is 15.1. The number of fused-ring (bicyclic) bond motifs is 14. The monoisotopic (exact) mass is 483 g/mol. The number of hydrogen-bond acceptors (Lipinski definition) is 0. The molecule has 7 aromatic rings. The molecule has 1 unspecified atom stereocenters. The predicted molar refractivity (Wildman–Crippen MR) is 154 cm³/mol. The van der Waals surface area contributed by atoms with E-state index < -0.39 is 5.41 Å². The molecule has 38 heavy (non-hydrogen) atoms. The molecule has 176 valence electrons. The van der Waals surface area contributed by atoms with Gasteiger partial charge >= 0.3 is 0 Å². The molecule has 5 aromatic carbocycles. The van der Waals surface area contributed by atoms with Gasteiger partial charge in [-0.3, -0.25) is 4.57 Å². The van der Waals surface area contributed by atoms with E-state index in [4.69, 9.17) is 6.57 Å². The lowest BCUT2D eigenvalue weighted by atomic mass is 9.65. The molecule has 0 fully saturated rings. The zero-order chi connectivity index (χ0) is 25.2. The molecule has 0 radical (unpaired) electrons. The zero-order valence-electron chi connectivity index (χ0n) is 20.7. The number of benzene rings is 5. The topological polar surface area (TPSA) is 14.2 Å². The van der Waals surface area contributed by atoms with Crippen molar-refractivity contribution in [3.05, 3.63) is 143 Å². The Balaban J connectivity index is 1.58. The highest BCUT2D eigenvalue weighted by molar-refractivity contribution is 6.23. The van der Waals surface area contributed by atoms with Gasteiger partial charge in [0.25, 0.3) is 0 Å². The minimum Gasteiger partial charge on any atom is -0.329 e. The Hall–Kier alpha value is -5.07. The van der Waals surface area contributed by atoms with E-state index >= 15 is 0 Å². The number of nitrogens with zero attached hydrogens (tertiary/aromatic N) is 3. The van der Waals surface area contributed by atoms with E-state index in [1.54, 1.807) is 0 Å². The van der Waals surface area contributed by atoms with E-state index in [2.05, 4.69) is 124 Å². The standard InChI is InChI=1S/C35H21N3/c1-36-21-18-19-27-25(20-21)22-10-3-5-13-26(22)35(27)28-14-6-8-17-31(28)38-33-24(12-9-15-29(33)35)32-23-11-4-7-16-30(23)37(2)34(32)38/h3-20H,2H3. The van der Waals surface area contributed by atoms with Crippen LogP contribution < -0.4 is 0 Å². The molecule has 0 bridgehead atoms. The molecular formula is C35H21N3. The van der Waals surface area contributed by atoms with E-state index in [-0.39, 0.29) is 0 Å². The average Bonchev–Trinajstić information content (AvgIpc) is 3.58. The maximum atomic E-state index is 7.68. The van der Waals surface area contributed by atoms with Crippen molar-refractivity contribution in [3.63, 3.8) is 0 Å². The summed E-state index contributed by atoms with van der Waals surface area (Å²) in [7, 11) is 2.19. The van der Waals surface area contributed by atoms with Crippen LogP contribution in [0, 0.1) is 6.57 Å². The third-order valence-corrected chi connectivity index (χ3v) is 8.93. The Kier molecular flexibility index (Phi) is 3.49. The van der Waals surface area contributed by atoms with Gasteiger partial charge in [0.15, 0.2) is 5.69 Å². The highest BCUT2D eigenvalue weighted by Crippen LogP contribution is 2.61. The van der Waals surface area contributed by atoms with Crippen LogP contribution in [0.4, 0.5) is 5.69 Å². The minimum absolute atomic E-state index is 0.456. The Morgan fingerprint density at radius 2 is 1.37 bits per heavy atom. The first-order chi connectivity index (χ1) is 18.7. The maximum absolute atomic E-state index is 7.68. The molecule has 1 atom stereocenters. The van der Waals surface area contributed by atoms with Crippen LogP contribution in [0.5, 0.6) is 0 Å². The Morgan fingerprint density at radius 3 is 2.26 bits per heavy atom. The summed E-state index contributed by atoms with van der Waals surface area (Å²) in [5.41, 5.74) is 12.7. The summed E-state index contributed by atoms with van der Waals surface area (Å²) in [4.78, 5) is 3.78. The molecule has 0 saturated carbocycles. The molecule has 3 heterocycles. The lowest BCUT2D eigenvalue weighted by Gasteiger charge is -2.39. The van der Waals surface area contributed by atoms with Crippen molar-refractivity contribution in [3.8, 4) is 16.8 Å². The van der Waals surface area contributed by atoms with Crippen LogP contribution in [-0.2, 0) is 12.5 Å². The summed E-state index contributed by atoms with van der Waals surface area (Å²) in [6, 6.07) is 39.5. The second-order valence-corrected chi connectivity index (χ2v) is 10.5. The molecule has 3 heteroatoms. The van der Waals surface area contributed by atoms with E-state index in [1.165, 1.54) is 66.3 Å².